The van der Waals surface area contributed by atoms with Crippen molar-refractivity contribution in [3.8, 4) is 0 Å². The zero-order chi connectivity index (χ0) is 27.1. The van der Waals surface area contributed by atoms with Gasteiger partial charge < -0.3 is 15.1 Å². The maximum absolute atomic E-state index is 13.7. The lowest BCUT2D eigenvalue weighted by Crippen LogP contribution is -2.29. The normalized spacial score (nSPS) is 20.6. The molecule has 1 N–H and O–H groups in total. The number of anilines is 3. The van der Waals surface area contributed by atoms with E-state index in [1.165, 1.54) is 18.3 Å². The van der Waals surface area contributed by atoms with Crippen molar-refractivity contribution >= 4 is 17.6 Å². The van der Waals surface area contributed by atoms with E-state index in [0.29, 0.717) is 36.8 Å². The van der Waals surface area contributed by atoms with E-state index in [1.807, 2.05) is 0 Å². The average molecular weight is 539 g/mol. The molecule has 4 heterocycles. The molecular formula is C26H28F6N6. The summed E-state index contributed by atoms with van der Waals surface area (Å²) in [5.74, 6) is 0.906. The number of pyridine rings is 1. The molecule has 2 aliphatic heterocycles. The quantitative estimate of drug-likeness (QED) is 0.478. The monoisotopic (exact) mass is 538 g/mol. The van der Waals surface area contributed by atoms with Crippen LogP contribution >= 0.6 is 0 Å². The molecule has 2 aromatic rings. The van der Waals surface area contributed by atoms with Gasteiger partial charge in [-0.2, -0.15) is 31.3 Å². The summed E-state index contributed by atoms with van der Waals surface area (Å²) in [7, 11) is 0. The summed E-state index contributed by atoms with van der Waals surface area (Å²) < 4.78 is 80.3. The van der Waals surface area contributed by atoms with E-state index in [2.05, 4.69) is 22.1 Å². The number of alkyl halides is 6. The third kappa shape index (κ3) is 5.44. The van der Waals surface area contributed by atoms with Gasteiger partial charge in [0.1, 0.15) is 11.6 Å². The smallest absolute Gasteiger partial charge is 0.355 e. The molecule has 1 fully saturated rings. The van der Waals surface area contributed by atoms with Crippen LogP contribution in [0.25, 0.3) is 0 Å². The van der Waals surface area contributed by atoms with E-state index in [4.69, 9.17) is 9.97 Å². The second-order valence-corrected chi connectivity index (χ2v) is 9.85. The van der Waals surface area contributed by atoms with Gasteiger partial charge in [0.25, 0.3) is 0 Å². The molecule has 3 aliphatic rings. The highest BCUT2D eigenvalue weighted by molar-refractivity contribution is 5.58. The van der Waals surface area contributed by atoms with Gasteiger partial charge in [-0.15, -0.1) is 0 Å². The van der Waals surface area contributed by atoms with Gasteiger partial charge in [-0.3, -0.25) is 0 Å². The van der Waals surface area contributed by atoms with Crippen molar-refractivity contribution in [2.75, 3.05) is 34.8 Å². The summed E-state index contributed by atoms with van der Waals surface area (Å²) in [6, 6.07) is 2.53. The van der Waals surface area contributed by atoms with Gasteiger partial charge in [0.05, 0.1) is 11.3 Å². The Morgan fingerprint density at radius 3 is 2.37 bits per heavy atom. The van der Waals surface area contributed by atoms with Gasteiger partial charge >= 0.3 is 12.4 Å². The molecule has 0 bridgehead atoms. The molecule has 6 nitrogen and oxygen atoms in total. The van der Waals surface area contributed by atoms with Crippen molar-refractivity contribution in [2.24, 2.45) is 0 Å². The fourth-order valence-corrected chi connectivity index (χ4v) is 5.26. The molecule has 2 aromatic heterocycles. The lowest BCUT2D eigenvalue weighted by Gasteiger charge is -2.25. The second-order valence-electron chi connectivity index (χ2n) is 9.85. The van der Waals surface area contributed by atoms with Gasteiger partial charge in [0, 0.05) is 55.1 Å². The molecule has 1 aliphatic carbocycles. The number of allylic oxidation sites excluding steroid dienone is 4. The number of nitrogens with zero attached hydrogens (tertiary/aromatic N) is 5. The Balaban J connectivity index is 1.48. The van der Waals surface area contributed by atoms with Crippen molar-refractivity contribution in [1.82, 2.24) is 15.0 Å². The third-order valence-electron chi connectivity index (χ3n) is 7.33. The van der Waals surface area contributed by atoms with Crippen LogP contribution in [-0.4, -0.2) is 46.8 Å². The minimum Gasteiger partial charge on any atom is -0.355 e. The first kappa shape index (κ1) is 26.3. The van der Waals surface area contributed by atoms with Crippen molar-refractivity contribution in [2.45, 2.75) is 63.8 Å². The fraction of sp³-hybridized carbons (Fsp3) is 0.500. The van der Waals surface area contributed by atoms with E-state index in [9.17, 15) is 26.3 Å². The van der Waals surface area contributed by atoms with Crippen LogP contribution in [0.1, 0.15) is 49.4 Å². The molecule has 0 spiro atoms. The molecule has 12 heteroatoms. The number of hydrogen-bond donors (Lipinski definition) is 1. The van der Waals surface area contributed by atoms with Gasteiger partial charge in [-0.25, -0.2) is 9.97 Å². The Morgan fingerprint density at radius 1 is 0.921 bits per heavy atom. The molecule has 0 radical (unpaired) electrons. The Bertz CT molecular complexity index is 1250. The van der Waals surface area contributed by atoms with E-state index in [0.717, 1.165) is 42.8 Å². The minimum atomic E-state index is -4.54. The van der Waals surface area contributed by atoms with Gasteiger partial charge in [0.15, 0.2) is 0 Å². The van der Waals surface area contributed by atoms with Crippen LogP contribution in [0.4, 0.5) is 43.9 Å². The van der Waals surface area contributed by atoms with Crippen LogP contribution in [0.3, 0.4) is 0 Å². The van der Waals surface area contributed by atoms with Crippen LogP contribution in [0.5, 0.6) is 0 Å². The largest absolute Gasteiger partial charge is 0.419 e. The topological polar surface area (TPSA) is 57.2 Å². The van der Waals surface area contributed by atoms with E-state index in [-0.39, 0.29) is 31.2 Å². The number of aromatic nitrogens is 3. The van der Waals surface area contributed by atoms with Gasteiger partial charge in [0.2, 0.25) is 5.95 Å². The number of rotatable bonds is 4. The summed E-state index contributed by atoms with van der Waals surface area (Å²) in [5, 5.41) is 3.23. The van der Waals surface area contributed by atoms with Crippen molar-refractivity contribution in [1.29, 1.82) is 0 Å². The Kier molecular flexibility index (Phi) is 6.99. The fourth-order valence-electron chi connectivity index (χ4n) is 5.26. The van der Waals surface area contributed by atoms with E-state index >= 15 is 0 Å². The molecule has 1 saturated heterocycles. The molecule has 0 amide bonds. The molecule has 1 unspecified atom stereocenters. The summed E-state index contributed by atoms with van der Waals surface area (Å²) in [4.78, 5) is 17.4. The lowest BCUT2D eigenvalue weighted by molar-refractivity contribution is -0.137. The zero-order valence-electron chi connectivity index (χ0n) is 20.8. The lowest BCUT2D eigenvalue weighted by atomic mass is 10.0. The highest BCUT2D eigenvalue weighted by Gasteiger charge is 2.37. The number of hydrogen-bond acceptors (Lipinski definition) is 6. The van der Waals surface area contributed by atoms with Gasteiger partial charge in [-0.1, -0.05) is 6.08 Å². The minimum absolute atomic E-state index is 0.122. The zero-order valence-corrected chi connectivity index (χ0v) is 20.8. The summed E-state index contributed by atoms with van der Waals surface area (Å²) in [5.41, 5.74) is 0.722. The Labute approximate surface area is 216 Å². The summed E-state index contributed by atoms with van der Waals surface area (Å²) >= 11 is 0. The Hall–Kier alpha value is -3.31. The average Bonchev–Trinajstić information content (AvgIpc) is 3.17. The molecule has 38 heavy (non-hydrogen) atoms. The standard InChI is InChI=1S/C26H28F6N6/c1-16-4-3-13-38(16)24-35-21-11-15-37(23-20(26(30,31)32)5-2-12-33-23)14-10-19(21)22(36-24)34-18-8-6-17(7-9-18)25(27,28)29/h2,5-6,8,12,16H,3-4,7,9-11,13-15H2,1H3,(H,34,35,36). The number of fused-ring (bicyclic) bond motifs is 1. The van der Waals surface area contributed by atoms with Crippen LogP contribution in [-0.2, 0) is 19.0 Å². The summed E-state index contributed by atoms with van der Waals surface area (Å²) in [6.45, 7) is 3.43. The molecule has 1 atom stereocenters. The van der Waals surface area contributed by atoms with Crippen LogP contribution in [0, 0.1) is 0 Å². The van der Waals surface area contributed by atoms with Crippen molar-refractivity contribution in [3.05, 3.63) is 58.6 Å². The molecular weight excluding hydrogens is 510 g/mol. The maximum atomic E-state index is 13.7. The first-order valence-corrected chi connectivity index (χ1v) is 12.7. The van der Waals surface area contributed by atoms with E-state index < -0.39 is 23.5 Å². The molecule has 204 valence electrons. The second kappa shape index (κ2) is 10.1. The highest BCUT2D eigenvalue weighted by Crippen LogP contribution is 2.37. The van der Waals surface area contributed by atoms with E-state index in [1.54, 1.807) is 4.90 Å². The molecule has 0 aromatic carbocycles. The SMILES string of the molecule is CC1CCCN1c1nc2c(c(NC3=CC=C(C(F)(F)F)CC3)n1)CCN(c1ncccc1C(F)(F)F)CC2. The van der Waals surface area contributed by atoms with Gasteiger partial charge in [-0.05, 0) is 57.2 Å². The predicted octanol–water partition coefficient (Wildman–Crippen LogP) is 6.06. The first-order valence-electron chi connectivity index (χ1n) is 12.7. The first-order chi connectivity index (χ1) is 18.0. The molecule has 5 rings (SSSR count). The van der Waals surface area contributed by atoms with Crippen molar-refractivity contribution < 1.29 is 26.3 Å². The highest BCUT2D eigenvalue weighted by atomic mass is 19.4. The molecule has 0 saturated carbocycles. The third-order valence-corrected chi connectivity index (χ3v) is 7.33. The van der Waals surface area contributed by atoms with Crippen LogP contribution in [0.15, 0.2) is 41.8 Å². The maximum Gasteiger partial charge on any atom is 0.419 e. The van der Waals surface area contributed by atoms with Crippen LogP contribution in [0.2, 0.25) is 0 Å². The Morgan fingerprint density at radius 2 is 1.71 bits per heavy atom. The van der Waals surface area contributed by atoms with Crippen molar-refractivity contribution in [3.63, 3.8) is 0 Å². The number of nitrogens with one attached hydrogen (secondary N) is 1. The predicted molar refractivity (Wildman–Crippen MR) is 132 cm³/mol. The van der Waals surface area contributed by atoms with Crippen LogP contribution < -0.4 is 15.1 Å². The summed E-state index contributed by atoms with van der Waals surface area (Å²) in [6.07, 6.45) is -2.29. The number of halogens is 6.